The standard InChI is InChI=1S/C53H44N2O/c1-51(2)45-30-34-14-8-7-13-33(34)29-44(45)39-23-19-36(31-46(39)51)53(35-17-21-38(22-18-35)55-27-11-6-12-28-55)26-25-43-49-48(40-15-9-10-16-41(40)50(43)56-53)42-24-20-37(54-5)32-47(42)52(49,3)4/h7-10,13-26,29-32H,6,11-12,27-28H2,1-4H3. The van der Waals surface area contributed by atoms with Gasteiger partial charge in [-0.15, -0.1) is 0 Å². The van der Waals surface area contributed by atoms with Gasteiger partial charge in [0.25, 0.3) is 0 Å². The van der Waals surface area contributed by atoms with Crippen molar-refractivity contribution in [1.82, 2.24) is 0 Å². The molecule has 11 rings (SSSR count). The highest BCUT2D eigenvalue weighted by Crippen LogP contribution is 2.59. The van der Waals surface area contributed by atoms with Crippen LogP contribution in [0, 0.1) is 6.57 Å². The summed E-state index contributed by atoms with van der Waals surface area (Å²) in [6.45, 7) is 19.4. The molecule has 0 amide bonds. The lowest BCUT2D eigenvalue weighted by molar-refractivity contribution is 0.163. The summed E-state index contributed by atoms with van der Waals surface area (Å²) in [7, 11) is 0. The van der Waals surface area contributed by atoms with Crippen LogP contribution in [0.2, 0.25) is 0 Å². The Hall–Kier alpha value is -6.11. The van der Waals surface area contributed by atoms with Crippen molar-refractivity contribution < 1.29 is 4.74 Å². The number of hydrogen-bond acceptors (Lipinski definition) is 2. The lowest BCUT2D eigenvalue weighted by Crippen LogP contribution is -2.35. The molecule has 4 aliphatic rings. The highest BCUT2D eigenvalue weighted by Gasteiger charge is 2.45. The van der Waals surface area contributed by atoms with Crippen molar-refractivity contribution >= 4 is 39.0 Å². The van der Waals surface area contributed by atoms with Gasteiger partial charge >= 0.3 is 0 Å². The molecule has 0 spiro atoms. The van der Waals surface area contributed by atoms with E-state index >= 15 is 0 Å². The summed E-state index contributed by atoms with van der Waals surface area (Å²) in [6.07, 6.45) is 8.48. The average Bonchev–Trinajstić information content (AvgIpc) is 3.61. The van der Waals surface area contributed by atoms with Crippen LogP contribution in [0.25, 0.3) is 54.7 Å². The molecule has 56 heavy (non-hydrogen) atoms. The summed E-state index contributed by atoms with van der Waals surface area (Å²) in [5, 5.41) is 4.85. The van der Waals surface area contributed by atoms with E-state index in [0.717, 1.165) is 40.9 Å². The molecule has 1 atom stereocenters. The van der Waals surface area contributed by atoms with Crippen molar-refractivity contribution in [3.8, 4) is 28.0 Å². The zero-order valence-corrected chi connectivity index (χ0v) is 32.5. The Morgan fingerprint density at radius 2 is 1.27 bits per heavy atom. The van der Waals surface area contributed by atoms with E-state index in [0.29, 0.717) is 5.69 Å². The van der Waals surface area contributed by atoms with E-state index in [2.05, 4.69) is 165 Å². The minimum Gasteiger partial charge on any atom is -0.472 e. The molecule has 1 saturated heterocycles. The molecule has 0 aromatic heterocycles. The monoisotopic (exact) mass is 724 g/mol. The van der Waals surface area contributed by atoms with E-state index in [-0.39, 0.29) is 10.8 Å². The highest BCUT2D eigenvalue weighted by molar-refractivity contribution is 6.08. The molecule has 0 bridgehead atoms. The molecule has 272 valence electrons. The molecule has 0 radical (unpaired) electrons. The van der Waals surface area contributed by atoms with E-state index in [1.165, 1.54) is 85.6 Å². The Balaban J connectivity index is 1.13. The molecule has 3 nitrogen and oxygen atoms in total. The quantitative estimate of drug-likeness (QED) is 0.169. The van der Waals surface area contributed by atoms with E-state index < -0.39 is 5.60 Å². The van der Waals surface area contributed by atoms with E-state index in [9.17, 15) is 0 Å². The molecule has 2 aliphatic heterocycles. The third-order valence-corrected chi connectivity index (χ3v) is 13.6. The molecule has 3 heteroatoms. The Bertz CT molecular complexity index is 2880. The second-order valence-corrected chi connectivity index (χ2v) is 17.4. The van der Waals surface area contributed by atoms with Gasteiger partial charge in [-0.1, -0.05) is 125 Å². The Morgan fingerprint density at radius 3 is 2.04 bits per heavy atom. The molecule has 0 saturated carbocycles. The van der Waals surface area contributed by atoms with Gasteiger partial charge in [0.2, 0.25) is 0 Å². The van der Waals surface area contributed by atoms with Crippen LogP contribution < -0.4 is 9.64 Å². The van der Waals surface area contributed by atoms with Crippen molar-refractivity contribution in [2.75, 3.05) is 18.0 Å². The van der Waals surface area contributed by atoms with Gasteiger partial charge < -0.3 is 9.64 Å². The van der Waals surface area contributed by atoms with Gasteiger partial charge in [0.1, 0.15) is 5.75 Å². The van der Waals surface area contributed by atoms with Gasteiger partial charge in [0, 0.05) is 51.7 Å². The van der Waals surface area contributed by atoms with Gasteiger partial charge in [0.05, 0.1) is 6.57 Å². The molecular formula is C53H44N2O. The maximum Gasteiger partial charge on any atom is 0.187 e. The van der Waals surface area contributed by atoms with Crippen LogP contribution in [-0.4, -0.2) is 13.1 Å². The van der Waals surface area contributed by atoms with Crippen LogP contribution in [0.4, 0.5) is 11.4 Å². The van der Waals surface area contributed by atoms with Crippen LogP contribution in [0.5, 0.6) is 5.75 Å². The zero-order chi connectivity index (χ0) is 38.0. The number of nitrogens with zero attached hydrogens (tertiary/aromatic N) is 2. The smallest absolute Gasteiger partial charge is 0.187 e. The summed E-state index contributed by atoms with van der Waals surface area (Å²) in [5.41, 5.74) is 14.2. The van der Waals surface area contributed by atoms with Crippen molar-refractivity contribution in [1.29, 1.82) is 0 Å². The van der Waals surface area contributed by atoms with Gasteiger partial charge in [-0.05, 0) is 116 Å². The lowest BCUT2D eigenvalue weighted by atomic mass is 9.75. The number of ether oxygens (including phenoxy) is 1. The Morgan fingerprint density at radius 1 is 0.607 bits per heavy atom. The third-order valence-electron chi connectivity index (χ3n) is 13.6. The highest BCUT2D eigenvalue weighted by atomic mass is 16.5. The van der Waals surface area contributed by atoms with E-state index in [1.807, 2.05) is 6.07 Å². The number of fused-ring (bicyclic) bond motifs is 12. The summed E-state index contributed by atoms with van der Waals surface area (Å²) in [5.74, 6) is 0.919. The normalized spacial score (nSPS) is 19.4. The number of rotatable bonds is 3. The van der Waals surface area contributed by atoms with Crippen LogP contribution in [0.1, 0.15) is 85.9 Å². The second-order valence-electron chi connectivity index (χ2n) is 17.4. The van der Waals surface area contributed by atoms with Crippen molar-refractivity contribution in [2.24, 2.45) is 0 Å². The fourth-order valence-electron chi connectivity index (χ4n) is 10.7. The fraction of sp³-hybridized carbons (Fsp3) is 0.226. The first-order chi connectivity index (χ1) is 27.2. The third kappa shape index (κ3) is 4.50. The average molecular weight is 725 g/mol. The summed E-state index contributed by atoms with van der Waals surface area (Å²) >= 11 is 0. The van der Waals surface area contributed by atoms with E-state index in [4.69, 9.17) is 11.3 Å². The van der Waals surface area contributed by atoms with Crippen molar-refractivity contribution in [3.63, 3.8) is 0 Å². The van der Waals surface area contributed by atoms with E-state index in [1.54, 1.807) is 0 Å². The van der Waals surface area contributed by atoms with Crippen molar-refractivity contribution in [2.45, 2.75) is 63.4 Å². The summed E-state index contributed by atoms with van der Waals surface area (Å²) < 4.78 is 7.77. The largest absolute Gasteiger partial charge is 0.472 e. The molecular weight excluding hydrogens is 681 g/mol. The lowest BCUT2D eigenvalue weighted by Gasteiger charge is -2.39. The minimum atomic E-state index is -0.873. The minimum absolute atomic E-state index is 0.187. The maximum absolute atomic E-state index is 7.79. The van der Waals surface area contributed by atoms with Crippen LogP contribution in [-0.2, 0) is 16.4 Å². The summed E-state index contributed by atoms with van der Waals surface area (Å²) in [6, 6.07) is 44.8. The Kier molecular flexibility index (Phi) is 6.95. The van der Waals surface area contributed by atoms with Crippen molar-refractivity contribution in [3.05, 3.63) is 178 Å². The topological polar surface area (TPSA) is 16.8 Å². The SMILES string of the molecule is [C-]#[N+]c1ccc2c(c1)C(C)(C)c1c3c(c4ccccc4c1-2)OC(c1ccc(N2CCCCC2)cc1)(c1ccc2c(c1)C(C)(C)c1cc4ccccc4cc1-2)C=C3. The molecule has 1 fully saturated rings. The van der Waals surface area contributed by atoms with Gasteiger partial charge in [0.15, 0.2) is 11.3 Å². The predicted octanol–water partition coefficient (Wildman–Crippen LogP) is 13.5. The Labute approximate surface area is 329 Å². The van der Waals surface area contributed by atoms with Gasteiger partial charge in [-0.25, -0.2) is 4.85 Å². The molecule has 2 heterocycles. The number of hydrogen-bond donors (Lipinski definition) is 0. The van der Waals surface area contributed by atoms with Crippen LogP contribution >= 0.6 is 0 Å². The first kappa shape index (κ1) is 33.2. The molecule has 2 aliphatic carbocycles. The van der Waals surface area contributed by atoms with Gasteiger partial charge in [-0.2, -0.15) is 0 Å². The first-order valence-corrected chi connectivity index (χ1v) is 20.2. The van der Waals surface area contributed by atoms with Crippen LogP contribution in [0.3, 0.4) is 0 Å². The van der Waals surface area contributed by atoms with Gasteiger partial charge in [-0.3, -0.25) is 0 Å². The number of anilines is 1. The molecule has 7 aromatic rings. The van der Waals surface area contributed by atoms with Crippen LogP contribution in [0.15, 0.2) is 127 Å². The zero-order valence-electron chi connectivity index (χ0n) is 32.5. The molecule has 1 unspecified atom stereocenters. The predicted molar refractivity (Wildman–Crippen MR) is 232 cm³/mol. The number of piperidine rings is 1. The number of benzene rings is 7. The second kappa shape index (κ2) is 11.7. The molecule has 0 N–H and O–H groups in total. The fourth-order valence-corrected chi connectivity index (χ4v) is 10.7. The first-order valence-electron chi connectivity index (χ1n) is 20.2. The maximum atomic E-state index is 7.79. The molecule has 7 aromatic carbocycles. The summed E-state index contributed by atoms with van der Waals surface area (Å²) in [4.78, 5) is 6.35.